The molecule has 1 atom stereocenters. The first kappa shape index (κ1) is 8.49. The summed E-state index contributed by atoms with van der Waals surface area (Å²) in [6.07, 6.45) is 3.00. The number of aromatic amines is 1. The Morgan fingerprint density at radius 3 is 3.00 bits per heavy atom. The van der Waals surface area contributed by atoms with Gasteiger partial charge in [-0.25, -0.2) is 4.99 Å². The van der Waals surface area contributed by atoms with Gasteiger partial charge in [0.05, 0.1) is 0 Å². The van der Waals surface area contributed by atoms with Crippen LogP contribution in [0.2, 0.25) is 0 Å². The minimum Gasteiger partial charge on any atom is -0.425 e. The largest absolute Gasteiger partial charge is 0.491 e. The molecular weight excluding hydrogens is 171 g/mol. The Morgan fingerprint density at radius 2 is 2.31 bits per heavy atom. The molecule has 1 unspecified atom stereocenters. The van der Waals surface area contributed by atoms with Crippen LogP contribution in [-0.2, 0) is 6.42 Å². The van der Waals surface area contributed by atoms with Gasteiger partial charge in [-0.15, -0.1) is 0 Å². The van der Waals surface area contributed by atoms with Crippen molar-refractivity contribution in [1.29, 1.82) is 0 Å². The van der Waals surface area contributed by atoms with E-state index in [0.29, 0.717) is 5.82 Å². The summed E-state index contributed by atoms with van der Waals surface area (Å²) in [6, 6.07) is 1.75. The lowest BCUT2D eigenvalue weighted by molar-refractivity contribution is 0.149. The van der Waals surface area contributed by atoms with Gasteiger partial charge in [0.15, 0.2) is 0 Å². The predicted octanol–water partition coefficient (Wildman–Crippen LogP) is -0.984. The van der Waals surface area contributed by atoms with Crippen LogP contribution in [0.25, 0.3) is 0 Å². The van der Waals surface area contributed by atoms with Crippen LogP contribution in [0, 0.1) is 0 Å². The Bertz CT molecular complexity index is 349. The van der Waals surface area contributed by atoms with Crippen molar-refractivity contribution in [3.05, 3.63) is 17.8 Å². The van der Waals surface area contributed by atoms with Gasteiger partial charge in [0.2, 0.25) is 0 Å². The molecule has 0 saturated heterocycles. The van der Waals surface area contributed by atoms with Crippen LogP contribution >= 0.6 is 0 Å². The van der Waals surface area contributed by atoms with E-state index in [1.807, 2.05) is 0 Å². The maximum absolute atomic E-state index is 9.65. The van der Waals surface area contributed by atoms with E-state index in [1.165, 1.54) is 0 Å². The van der Waals surface area contributed by atoms with Gasteiger partial charge in [0.1, 0.15) is 11.3 Å². The molecule has 1 aliphatic heterocycles. The summed E-state index contributed by atoms with van der Waals surface area (Å²) in [5.41, 5.74) is -0.882. The fourth-order valence-corrected chi connectivity index (χ4v) is 1.34. The average Bonchev–Trinajstić information content (AvgIpc) is 2.50. The smallest absolute Gasteiger partial charge is 0.425 e. The maximum Gasteiger partial charge on any atom is 0.491 e. The highest BCUT2D eigenvalue weighted by atomic mass is 16.4. The van der Waals surface area contributed by atoms with Crippen molar-refractivity contribution >= 4 is 19.2 Å². The quantitative estimate of drug-likeness (QED) is 0.418. The molecular formula is C7H9BN2O3. The fraction of sp³-hybridized carbons (Fsp3) is 0.286. The molecule has 4 N–H and O–H groups in total. The Morgan fingerprint density at radius 1 is 1.54 bits per heavy atom. The standard InChI is InChI=1S/C7H9BN2O3/c11-7(8(12)13)3-5-1-2-9-6(5)10-4-7/h1-2,4,9,11-13H,3H2. The van der Waals surface area contributed by atoms with E-state index in [1.54, 1.807) is 12.3 Å². The summed E-state index contributed by atoms with van der Waals surface area (Å²) in [5.74, 6) is 0.658. The van der Waals surface area contributed by atoms with Crippen molar-refractivity contribution < 1.29 is 15.2 Å². The number of nitrogens with one attached hydrogen (secondary N) is 1. The SMILES string of the molecule is OB(O)C1(O)C=Nc2[nH]ccc2C1. The third-order valence-electron chi connectivity index (χ3n) is 2.15. The second kappa shape index (κ2) is 2.70. The summed E-state index contributed by atoms with van der Waals surface area (Å²) < 4.78 is 0. The fourth-order valence-electron chi connectivity index (χ4n) is 1.34. The molecule has 0 aliphatic carbocycles. The monoisotopic (exact) mass is 180 g/mol. The first-order valence-electron chi connectivity index (χ1n) is 3.92. The summed E-state index contributed by atoms with van der Waals surface area (Å²) in [4.78, 5) is 6.74. The van der Waals surface area contributed by atoms with Gasteiger partial charge in [0.25, 0.3) is 0 Å². The van der Waals surface area contributed by atoms with Crippen LogP contribution in [0.4, 0.5) is 5.82 Å². The third kappa shape index (κ3) is 1.29. The number of aromatic nitrogens is 1. The molecule has 0 aromatic carbocycles. The normalized spacial score (nSPS) is 25.8. The predicted molar refractivity (Wildman–Crippen MR) is 47.8 cm³/mol. The lowest BCUT2D eigenvalue weighted by atomic mass is 9.65. The van der Waals surface area contributed by atoms with Crippen LogP contribution in [-0.4, -0.2) is 39.0 Å². The van der Waals surface area contributed by atoms with Gasteiger partial charge in [-0.1, -0.05) is 0 Å². The molecule has 0 radical (unpaired) electrons. The van der Waals surface area contributed by atoms with Crippen LogP contribution in [0.5, 0.6) is 0 Å². The van der Waals surface area contributed by atoms with E-state index < -0.39 is 12.6 Å². The van der Waals surface area contributed by atoms with E-state index in [-0.39, 0.29) is 6.42 Å². The second-order valence-electron chi connectivity index (χ2n) is 3.15. The van der Waals surface area contributed by atoms with Crippen molar-refractivity contribution in [1.82, 2.24) is 4.98 Å². The van der Waals surface area contributed by atoms with E-state index in [2.05, 4.69) is 9.98 Å². The van der Waals surface area contributed by atoms with Gasteiger partial charge >= 0.3 is 7.12 Å². The highest BCUT2D eigenvalue weighted by Gasteiger charge is 2.41. The van der Waals surface area contributed by atoms with Crippen molar-refractivity contribution in [3.8, 4) is 0 Å². The molecule has 2 heterocycles. The molecule has 0 saturated carbocycles. The van der Waals surface area contributed by atoms with E-state index in [9.17, 15) is 5.11 Å². The van der Waals surface area contributed by atoms with Crippen molar-refractivity contribution in [2.45, 2.75) is 11.9 Å². The zero-order valence-corrected chi connectivity index (χ0v) is 6.81. The number of fused-ring (bicyclic) bond motifs is 1. The van der Waals surface area contributed by atoms with Crippen LogP contribution in [0.3, 0.4) is 0 Å². The van der Waals surface area contributed by atoms with E-state index in [4.69, 9.17) is 10.0 Å². The Hall–Kier alpha value is -1.11. The van der Waals surface area contributed by atoms with Crippen LogP contribution in [0.15, 0.2) is 17.3 Å². The lowest BCUT2D eigenvalue weighted by Crippen LogP contribution is -2.50. The Kier molecular flexibility index (Phi) is 1.76. The molecule has 0 spiro atoms. The van der Waals surface area contributed by atoms with E-state index in [0.717, 1.165) is 11.8 Å². The molecule has 13 heavy (non-hydrogen) atoms. The second-order valence-corrected chi connectivity index (χ2v) is 3.15. The van der Waals surface area contributed by atoms with Crippen molar-refractivity contribution in [2.24, 2.45) is 4.99 Å². The molecule has 5 nitrogen and oxygen atoms in total. The Balaban J connectivity index is 2.35. The molecule has 1 aliphatic rings. The molecule has 0 amide bonds. The number of rotatable bonds is 1. The first-order chi connectivity index (χ1) is 6.12. The minimum absolute atomic E-state index is 0.160. The van der Waals surface area contributed by atoms with E-state index >= 15 is 0 Å². The zero-order chi connectivity index (χ0) is 9.47. The molecule has 0 bridgehead atoms. The van der Waals surface area contributed by atoms with Crippen LogP contribution in [0.1, 0.15) is 5.56 Å². The molecule has 1 aromatic rings. The van der Waals surface area contributed by atoms with Crippen LogP contribution < -0.4 is 0 Å². The van der Waals surface area contributed by atoms with Gasteiger partial charge in [-0.05, 0) is 11.6 Å². The number of nitrogens with zero attached hydrogens (tertiary/aromatic N) is 1. The number of H-pyrrole nitrogens is 1. The first-order valence-corrected chi connectivity index (χ1v) is 3.92. The molecule has 2 rings (SSSR count). The number of aliphatic hydroxyl groups is 1. The zero-order valence-electron chi connectivity index (χ0n) is 6.81. The third-order valence-corrected chi connectivity index (χ3v) is 2.15. The average molecular weight is 180 g/mol. The molecule has 68 valence electrons. The molecule has 6 heteroatoms. The highest BCUT2D eigenvalue weighted by molar-refractivity contribution is 6.50. The number of hydrogen-bond acceptors (Lipinski definition) is 4. The lowest BCUT2D eigenvalue weighted by Gasteiger charge is -2.24. The van der Waals surface area contributed by atoms with Gasteiger partial charge in [-0.2, -0.15) is 0 Å². The summed E-state index contributed by atoms with van der Waals surface area (Å²) in [5, 5.41) is 27.5. The highest BCUT2D eigenvalue weighted by Crippen LogP contribution is 2.26. The van der Waals surface area contributed by atoms with Crippen molar-refractivity contribution in [3.63, 3.8) is 0 Å². The summed E-state index contributed by atoms with van der Waals surface area (Å²) in [7, 11) is -1.81. The summed E-state index contributed by atoms with van der Waals surface area (Å²) in [6.45, 7) is 0. The number of hydrogen-bond donors (Lipinski definition) is 4. The summed E-state index contributed by atoms with van der Waals surface area (Å²) >= 11 is 0. The molecule has 0 fully saturated rings. The molecule has 1 aromatic heterocycles. The Labute approximate surface area is 74.9 Å². The van der Waals surface area contributed by atoms with Gasteiger partial charge < -0.3 is 20.1 Å². The minimum atomic E-state index is -1.81. The van der Waals surface area contributed by atoms with Gasteiger partial charge in [-0.3, -0.25) is 0 Å². The van der Waals surface area contributed by atoms with Crippen molar-refractivity contribution in [2.75, 3.05) is 0 Å². The topological polar surface area (TPSA) is 88.8 Å². The maximum atomic E-state index is 9.65. The van der Waals surface area contributed by atoms with Gasteiger partial charge in [0, 0.05) is 18.8 Å². The number of aliphatic imine (C=N–C) groups is 1.